The SMILES string of the molecule is C=C(C(=O)OC)C(c1ccccc1)C1(F)C(=O)N(c2ccccc2)N=C1c1ccc(Cl)cc1. The summed E-state index contributed by atoms with van der Waals surface area (Å²) in [7, 11) is 1.18. The van der Waals surface area contributed by atoms with Gasteiger partial charge >= 0.3 is 5.97 Å². The molecule has 5 nitrogen and oxygen atoms in total. The van der Waals surface area contributed by atoms with E-state index in [9.17, 15) is 9.59 Å². The Bertz CT molecular complexity index is 1230. The van der Waals surface area contributed by atoms with E-state index in [-0.39, 0.29) is 11.3 Å². The monoisotopic (exact) mass is 462 g/mol. The summed E-state index contributed by atoms with van der Waals surface area (Å²) in [5, 5.41) is 5.86. The first-order valence-corrected chi connectivity index (χ1v) is 10.5. The molecule has 0 saturated carbocycles. The highest BCUT2D eigenvalue weighted by molar-refractivity contribution is 6.31. The lowest BCUT2D eigenvalue weighted by atomic mass is 9.74. The maximum atomic E-state index is 17.4. The fourth-order valence-corrected chi connectivity index (χ4v) is 4.04. The molecule has 33 heavy (non-hydrogen) atoms. The van der Waals surface area contributed by atoms with Gasteiger partial charge in [0.1, 0.15) is 5.71 Å². The van der Waals surface area contributed by atoms with Crippen LogP contribution in [0.4, 0.5) is 10.1 Å². The van der Waals surface area contributed by atoms with E-state index in [0.29, 0.717) is 21.8 Å². The van der Waals surface area contributed by atoms with Crippen LogP contribution in [0.2, 0.25) is 5.02 Å². The van der Waals surface area contributed by atoms with Crippen LogP contribution in [-0.2, 0) is 14.3 Å². The van der Waals surface area contributed by atoms with Crippen LogP contribution in [0.15, 0.2) is 102 Å². The van der Waals surface area contributed by atoms with Crippen molar-refractivity contribution < 1.29 is 18.7 Å². The number of carbonyl (C=O) groups is 2. The first-order chi connectivity index (χ1) is 15.9. The number of methoxy groups -OCH3 is 1. The molecule has 0 aromatic heterocycles. The zero-order chi connectivity index (χ0) is 23.6. The molecule has 2 atom stereocenters. The molecule has 4 rings (SSSR count). The minimum Gasteiger partial charge on any atom is -0.466 e. The quantitative estimate of drug-likeness (QED) is 0.368. The van der Waals surface area contributed by atoms with Gasteiger partial charge in [-0.05, 0) is 29.8 Å². The second kappa shape index (κ2) is 9.00. The highest BCUT2D eigenvalue weighted by Gasteiger charge is 2.60. The van der Waals surface area contributed by atoms with Gasteiger partial charge in [-0.15, -0.1) is 0 Å². The Morgan fingerprint density at radius 3 is 2.18 bits per heavy atom. The summed E-state index contributed by atoms with van der Waals surface area (Å²) >= 11 is 6.03. The minimum atomic E-state index is -2.74. The van der Waals surface area contributed by atoms with E-state index < -0.39 is 23.5 Å². The van der Waals surface area contributed by atoms with Gasteiger partial charge in [-0.25, -0.2) is 9.18 Å². The van der Waals surface area contributed by atoms with Crippen molar-refractivity contribution in [3.8, 4) is 0 Å². The number of hydrogen-bond donors (Lipinski definition) is 0. The highest BCUT2D eigenvalue weighted by Crippen LogP contribution is 2.45. The van der Waals surface area contributed by atoms with Gasteiger partial charge < -0.3 is 4.74 Å². The van der Waals surface area contributed by atoms with E-state index >= 15 is 4.39 Å². The third-order valence-electron chi connectivity index (χ3n) is 5.49. The van der Waals surface area contributed by atoms with Crippen molar-refractivity contribution in [3.05, 3.63) is 113 Å². The Morgan fingerprint density at radius 2 is 1.61 bits per heavy atom. The van der Waals surface area contributed by atoms with Gasteiger partial charge in [-0.3, -0.25) is 4.79 Å². The van der Waals surface area contributed by atoms with Gasteiger partial charge in [0.25, 0.3) is 5.91 Å². The molecule has 1 aliphatic heterocycles. The Hall–Kier alpha value is -3.77. The number of ether oxygens (including phenoxy) is 1. The molecule has 1 amide bonds. The molecule has 0 bridgehead atoms. The molecule has 0 N–H and O–H groups in total. The number of para-hydroxylation sites is 1. The maximum Gasteiger partial charge on any atom is 0.333 e. The molecule has 7 heteroatoms. The van der Waals surface area contributed by atoms with Gasteiger partial charge in [0.2, 0.25) is 5.67 Å². The maximum absolute atomic E-state index is 17.4. The minimum absolute atomic E-state index is 0.146. The van der Waals surface area contributed by atoms with Gasteiger partial charge in [0.15, 0.2) is 0 Å². The lowest BCUT2D eigenvalue weighted by Crippen LogP contribution is -2.49. The van der Waals surface area contributed by atoms with E-state index in [1.807, 2.05) is 0 Å². The highest BCUT2D eigenvalue weighted by atomic mass is 35.5. The van der Waals surface area contributed by atoms with Crippen LogP contribution in [0.5, 0.6) is 0 Å². The Labute approximate surface area is 195 Å². The zero-order valence-corrected chi connectivity index (χ0v) is 18.5. The average molecular weight is 463 g/mol. The number of hydrogen-bond acceptors (Lipinski definition) is 4. The van der Waals surface area contributed by atoms with Crippen molar-refractivity contribution in [2.45, 2.75) is 11.6 Å². The molecule has 0 fully saturated rings. The summed E-state index contributed by atoms with van der Waals surface area (Å²) in [6.07, 6.45) is 0. The van der Waals surface area contributed by atoms with E-state index in [0.717, 1.165) is 5.01 Å². The van der Waals surface area contributed by atoms with Crippen LogP contribution in [0.3, 0.4) is 0 Å². The van der Waals surface area contributed by atoms with Crippen molar-refractivity contribution in [2.75, 3.05) is 12.1 Å². The number of hydrazone groups is 1. The summed E-state index contributed by atoms with van der Waals surface area (Å²) in [4.78, 5) is 26.2. The van der Waals surface area contributed by atoms with E-state index in [2.05, 4.69) is 11.7 Å². The third-order valence-corrected chi connectivity index (χ3v) is 5.75. The Kier molecular flexibility index (Phi) is 6.11. The molecule has 1 aliphatic rings. The van der Waals surface area contributed by atoms with Crippen LogP contribution < -0.4 is 5.01 Å². The molecule has 0 radical (unpaired) electrons. The number of nitrogens with zero attached hydrogens (tertiary/aromatic N) is 2. The number of halogens is 2. The summed E-state index contributed by atoms with van der Waals surface area (Å²) in [5.74, 6) is -3.12. The Morgan fingerprint density at radius 1 is 1.03 bits per heavy atom. The van der Waals surface area contributed by atoms with E-state index in [1.54, 1.807) is 84.9 Å². The van der Waals surface area contributed by atoms with Crippen LogP contribution in [0.1, 0.15) is 17.0 Å². The molecular formula is C26H20ClFN2O3. The van der Waals surface area contributed by atoms with Crippen LogP contribution in [0, 0.1) is 0 Å². The van der Waals surface area contributed by atoms with Gasteiger partial charge in [0, 0.05) is 16.2 Å². The number of rotatable bonds is 6. The van der Waals surface area contributed by atoms with Crippen molar-refractivity contribution >= 4 is 34.9 Å². The predicted molar refractivity (Wildman–Crippen MR) is 126 cm³/mol. The number of benzene rings is 3. The van der Waals surface area contributed by atoms with Gasteiger partial charge in [-0.1, -0.05) is 78.8 Å². The van der Waals surface area contributed by atoms with Gasteiger partial charge in [-0.2, -0.15) is 10.1 Å². The normalized spacial score (nSPS) is 18.6. The number of amides is 1. The van der Waals surface area contributed by atoms with E-state index in [1.165, 1.54) is 7.11 Å². The lowest BCUT2D eigenvalue weighted by molar-refractivity contribution is -0.137. The van der Waals surface area contributed by atoms with Crippen molar-refractivity contribution in [1.82, 2.24) is 0 Å². The molecule has 1 heterocycles. The summed E-state index contributed by atoms with van der Waals surface area (Å²) in [5.41, 5.74) is -1.95. The smallest absolute Gasteiger partial charge is 0.333 e. The molecular weight excluding hydrogens is 443 g/mol. The third kappa shape index (κ3) is 3.94. The van der Waals surface area contributed by atoms with Gasteiger partial charge in [0.05, 0.1) is 18.7 Å². The first-order valence-electron chi connectivity index (χ1n) is 10.1. The molecule has 3 aromatic carbocycles. The predicted octanol–water partition coefficient (Wildman–Crippen LogP) is 5.31. The van der Waals surface area contributed by atoms with Crippen LogP contribution in [-0.4, -0.2) is 30.4 Å². The molecule has 0 spiro atoms. The number of esters is 1. The first kappa shape index (κ1) is 22.4. The number of anilines is 1. The largest absolute Gasteiger partial charge is 0.466 e. The second-order valence-corrected chi connectivity index (χ2v) is 7.92. The fraction of sp³-hybridized carbons (Fsp3) is 0.115. The number of alkyl halides is 1. The summed E-state index contributed by atoms with van der Waals surface area (Å²) in [6, 6.07) is 23.3. The van der Waals surface area contributed by atoms with Crippen LogP contribution in [0.25, 0.3) is 0 Å². The van der Waals surface area contributed by atoms with Crippen LogP contribution >= 0.6 is 11.6 Å². The van der Waals surface area contributed by atoms with Crippen molar-refractivity contribution in [1.29, 1.82) is 0 Å². The molecule has 0 aliphatic carbocycles. The fourth-order valence-electron chi connectivity index (χ4n) is 3.92. The topological polar surface area (TPSA) is 59.0 Å². The average Bonchev–Trinajstić information content (AvgIpc) is 3.11. The standard InChI is InChI=1S/C26H20ClFN2O3/c1-17(24(31)33-2)22(18-9-5-3-6-10-18)26(28)23(19-13-15-20(27)16-14-19)29-30(25(26)32)21-11-7-4-8-12-21/h3-16,22H,1H2,2H3. The molecule has 2 unspecified atom stereocenters. The summed E-state index contributed by atoms with van der Waals surface area (Å²) < 4.78 is 22.2. The second-order valence-electron chi connectivity index (χ2n) is 7.48. The molecule has 0 saturated heterocycles. The Balaban J connectivity index is 1.95. The number of carbonyl (C=O) groups excluding carboxylic acids is 2. The molecule has 166 valence electrons. The lowest BCUT2D eigenvalue weighted by Gasteiger charge is -2.31. The van der Waals surface area contributed by atoms with Crippen molar-refractivity contribution in [3.63, 3.8) is 0 Å². The molecule has 3 aromatic rings. The van der Waals surface area contributed by atoms with Crippen molar-refractivity contribution in [2.24, 2.45) is 5.10 Å². The van der Waals surface area contributed by atoms with E-state index in [4.69, 9.17) is 16.3 Å². The summed E-state index contributed by atoms with van der Waals surface area (Å²) in [6.45, 7) is 3.81. The zero-order valence-electron chi connectivity index (χ0n) is 17.7.